The van der Waals surface area contributed by atoms with Crippen molar-refractivity contribution in [3.63, 3.8) is 0 Å². The highest BCUT2D eigenvalue weighted by Crippen LogP contribution is 2.21. The fraction of sp³-hybridized carbons (Fsp3) is 0.235. The Morgan fingerprint density at radius 3 is 2.10 bits per heavy atom. The van der Waals surface area contributed by atoms with E-state index in [4.69, 9.17) is 10.3 Å². The van der Waals surface area contributed by atoms with E-state index in [0.29, 0.717) is 17.9 Å². The third kappa shape index (κ3) is 9.36. The molecule has 2 aromatic rings. The third-order valence-electron chi connectivity index (χ3n) is 3.49. The summed E-state index contributed by atoms with van der Waals surface area (Å²) >= 11 is 0. The molecule has 0 aromatic heterocycles. The summed E-state index contributed by atoms with van der Waals surface area (Å²) in [5.41, 5.74) is 7.66. The molecular weight excluding hydrogens is 425 g/mol. The van der Waals surface area contributed by atoms with Gasteiger partial charge in [-0.2, -0.15) is 16.8 Å². The van der Waals surface area contributed by atoms with Gasteiger partial charge in [-0.3, -0.25) is 4.55 Å². The van der Waals surface area contributed by atoms with Gasteiger partial charge in [-0.05, 0) is 55.3 Å². The molecule has 2 amide bonds. The molecule has 2 rings (SSSR count). The number of urea groups is 1. The van der Waals surface area contributed by atoms with Gasteiger partial charge in [-0.15, -0.1) is 3.89 Å². The lowest BCUT2D eigenvalue weighted by atomic mass is 10.2. The summed E-state index contributed by atoms with van der Waals surface area (Å²) in [5, 5.41) is 5.20. The minimum atomic E-state index is -4.77. The van der Waals surface area contributed by atoms with E-state index in [1.165, 1.54) is 26.0 Å². The molecule has 0 aliphatic carbocycles. The molecule has 9 nitrogen and oxygen atoms in total. The van der Waals surface area contributed by atoms with Gasteiger partial charge in [-0.1, -0.05) is 12.1 Å². The minimum Gasteiger partial charge on any atom is -0.399 e. The fourth-order valence-corrected chi connectivity index (χ4v) is 2.67. The zero-order valence-electron chi connectivity index (χ0n) is 15.7. The van der Waals surface area contributed by atoms with Crippen molar-refractivity contribution in [2.24, 2.45) is 0 Å². The Kier molecular flexibility index (Phi) is 8.55. The monoisotopic (exact) mass is 447 g/mol. The van der Waals surface area contributed by atoms with Gasteiger partial charge >= 0.3 is 16.3 Å². The van der Waals surface area contributed by atoms with Gasteiger partial charge in [0.05, 0.1) is 5.75 Å². The summed E-state index contributed by atoms with van der Waals surface area (Å²) in [6.45, 7) is 3.13. The van der Waals surface area contributed by atoms with E-state index in [1.807, 2.05) is 0 Å². The number of benzene rings is 2. The summed E-state index contributed by atoms with van der Waals surface area (Å²) in [7, 11) is -8.43. The highest BCUT2D eigenvalue weighted by atomic mass is 32.3. The third-order valence-corrected chi connectivity index (χ3v) is 5.21. The second-order valence-corrected chi connectivity index (χ2v) is 8.89. The lowest BCUT2D eigenvalue weighted by molar-refractivity contribution is 0.251. The molecular formula is C17H22FN3O6S2. The van der Waals surface area contributed by atoms with Crippen LogP contribution < -0.4 is 16.4 Å². The van der Waals surface area contributed by atoms with E-state index >= 15 is 0 Å². The van der Waals surface area contributed by atoms with Crippen molar-refractivity contribution in [3.05, 3.63) is 53.6 Å². The molecule has 0 fully saturated rings. The van der Waals surface area contributed by atoms with Crippen LogP contribution in [0.2, 0.25) is 0 Å². The Morgan fingerprint density at radius 2 is 1.66 bits per heavy atom. The zero-order chi connectivity index (χ0) is 22.2. The number of carbonyl (C=O) groups is 1. The molecule has 5 N–H and O–H groups in total. The Bertz CT molecular complexity index is 1060. The van der Waals surface area contributed by atoms with Crippen molar-refractivity contribution in [3.8, 4) is 0 Å². The maximum absolute atomic E-state index is 13.0. The Balaban J connectivity index is 0.000000612. The molecule has 0 bridgehead atoms. The molecule has 12 heteroatoms. The van der Waals surface area contributed by atoms with Gasteiger partial charge in [0, 0.05) is 17.9 Å². The maximum Gasteiger partial charge on any atom is 0.332 e. The molecule has 160 valence electrons. The van der Waals surface area contributed by atoms with Gasteiger partial charge in [0.15, 0.2) is 0 Å². The Labute approximate surface area is 169 Å². The van der Waals surface area contributed by atoms with Crippen LogP contribution in [0.25, 0.3) is 0 Å². The van der Waals surface area contributed by atoms with Crippen LogP contribution in [-0.2, 0) is 26.9 Å². The number of aryl methyl sites for hydroxylation is 1. The number of nitrogens with two attached hydrogens (primary N) is 1. The summed E-state index contributed by atoms with van der Waals surface area (Å²) in [4.78, 5) is 11.4. The quantitative estimate of drug-likeness (QED) is 0.312. The molecule has 0 saturated carbocycles. The molecule has 0 atom stereocenters. The first-order valence-electron chi connectivity index (χ1n) is 8.21. The van der Waals surface area contributed by atoms with Gasteiger partial charge in [-0.25, -0.2) is 4.79 Å². The van der Waals surface area contributed by atoms with Crippen molar-refractivity contribution >= 4 is 37.7 Å². The first-order chi connectivity index (χ1) is 13.3. The highest BCUT2D eigenvalue weighted by molar-refractivity contribution is 7.86. The van der Waals surface area contributed by atoms with Crippen LogP contribution in [-0.4, -0.2) is 33.2 Å². The van der Waals surface area contributed by atoms with Crippen molar-refractivity contribution in [2.45, 2.75) is 25.3 Å². The Morgan fingerprint density at radius 1 is 1.10 bits per heavy atom. The average Bonchev–Trinajstić information content (AvgIpc) is 2.60. The Hall–Kier alpha value is -2.70. The number of hydrogen-bond donors (Lipinski definition) is 4. The molecule has 0 heterocycles. The second kappa shape index (κ2) is 10.2. The normalized spacial score (nSPS) is 11.2. The number of anilines is 2. The molecule has 2 aromatic carbocycles. The number of nitrogen functional groups attached to an aromatic ring is 1. The van der Waals surface area contributed by atoms with E-state index in [-0.39, 0.29) is 11.3 Å². The van der Waals surface area contributed by atoms with E-state index in [0.717, 1.165) is 11.6 Å². The largest absolute Gasteiger partial charge is 0.399 e. The van der Waals surface area contributed by atoms with Crippen LogP contribution in [0.4, 0.5) is 20.1 Å². The van der Waals surface area contributed by atoms with Gasteiger partial charge < -0.3 is 16.4 Å². The number of carbonyl (C=O) groups excluding carboxylic acids is 1. The first-order valence-corrected chi connectivity index (χ1v) is 11.2. The second-order valence-electron chi connectivity index (χ2n) is 5.84. The summed E-state index contributed by atoms with van der Waals surface area (Å²) in [5.74, 6) is -0.201. The van der Waals surface area contributed by atoms with Crippen LogP contribution in [0.3, 0.4) is 0 Å². The van der Waals surface area contributed by atoms with Crippen LogP contribution in [0, 0.1) is 6.92 Å². The van der Waals surface area contributed by atoms with Crippen molar-refractivity contribution < 1.29 is 30.1 Å². The van der Waals surface area contributed by atoms with Crippen LogP contribution >= 0.6 is 0 Å². The topological polar surface area (TPSA) is 156 Å². The van der Waals surface area contributed by atoms with Gasteiger partial charge in [0.25, 0.3) is 10.1 Å². The van der Waals surface area contributed by atoms with Crippen LogP contribution in [0.5, 0.6) is 0 Å². The zero-order valence-corrected chi connectivity index (χ0v) is 17.3. The van der Waals surface area contributed by atoms with E-state index in [1.54, 1.807) is 24.3 Å². The predicted molar refractivity (Wildman–Crippen MR) is 108 cm³/mol. The highest BCUT2D eigenvalue weighted by Gasteiger charge is 2.15. The van der Waals surface area contributed by atoms with Crippen LogP contribution in [0.1, 0.15) is 18.1 Å². The maximum atomic E-state index is 13.0. The summed E-state index contributed by atoms with van der Waals surface area (Å²) < 4.78 is 61.7. The SMILES string of the molecule is CCS(=O)(=O)O.Cc1cc(NC(=O)NCc2ccc(N)cc2)ccc1S(=O)(=O)F. The van der Waals surface area contributed by atoms with Gasteiger partial charge in [0.1, 0.15) is 4.90 Å². The number of rotatable bonds is 5. The molecule has 29 heavy (non-hydrogen) atoms. The van der Waals surface area contributed by atoms with Gasteiger partial charge in [0.2, 0.25) is 0 Å². The summed E-state index contributed by atoms with van der Waals surface area (Å²) in [6.07, 6.45) is 0. The fourth-order valence-electron chi connectivity index (χ4n) is 1.99. The van der Waals surface area contributed by atoms with E-state index in [9.17, 15) is 25.5 Å². The number of halogens is 1. The molecule has 0 saturated heterocycles. The summed E-state index contributed by atoms with van der Waals surface area (Å²) in [6, 6.07) is 10.4. The predicted octanol–water partition coefficient (Wildman–Crippen LogP) is 2.45. The smallest absolute Gasteiger partial charge is 0.332 e. The number of amides is 2. The number of hydrogen-bond acceptors (Lipinski definition) is 6. The first kappa shape index (κ1) is 24.3. The molecule has 0 radical (unpaired) electrons. The average molecular weight is 448 g/mol. The minimum absolute atomic E-state index is 0.201. The lowest BCUT2D eigenvalue weighted by Gasteiger charge is -2.09. The van der Waals surface area contributed by atoms with Crippen molar-refractivity contribution in [2.75, 3.05) is 16.8 Å². The molecule has 0 aliphatic rings. The number of nitrogens with one attached hydrogen (secondary N) is 2. The molecule has 0 spiro atoms. The van der Waals surface area contributed by atoms with Crippen molar-refractivity contribution in [1.82, 2.24) is 5.32 Å². The lowest BCUT2D eigenvalue weighted by Crippen LogP contribution is -2.28. The molecule has 0 aliphatic heterocycles. The standard InChI is InChI=1S/C15H16FN3O3S.C2H6O3S/c1-10-8-13(6-7-14(10)23(16,21)22)19-15(20)18-9-11-2-4-12(17)5-3-11;1-2-6(3,4)5/h2-8H,9,17H2,1H3,(H2,18,19,20);2H2,1H3,(H,3,4,5). The van der Waals surface area contributed by atoms with Crippen molar-refractivity contribution in [1.29, 1.82) is 0 Å². The van der Waals surface area contributed by atoms with Crippen LogP contribution in [0.15, 0.2) is 47.4 Å². The molecule has 0 unspecified atom stereocenters. The van der Waals surface area contributed by atoms with E-state index in [2.05, 4.69) is 10.6 Å². The van der Waals surface area contributed by atoms with E-state index < -0.39 is 31.3 Å².